The molecule has 3 heteroatoms. The van der Waals surface area contributed by atoms with Crippen LogP contribution in [-0.4, -0.2) is 30.5 Å². The van der Waals surface area contributed by atoms with Crippen molar-refractivity contribution >= 4 is 12.6 Å². The van der Waals surface area contributed by atoms with Gasteiger partial charge in [0.05, 0.1) is 5.70 Å². The van der Waals surface area contributed by atoms with E-state index in [1.807, 2.05) is 6.92 Å². The molecule has 0 bridgehead atoms. The first-order chi connectivity index (χ1) is 7.36. The topological polar surface area (TPSA) is 28.0 Å². The minimum atomic E-state index is -0.00436. The molecule has 0 heterocycles. The molecule has 0 aromatic heterocycles. The lowest BCUT2D eigenvalue weighted by Crippen LogP contribution is -2.29. The van der Waals surface area contributed by atoms with E-state index in [0.29, 0.717) is 0 Å². The smallest absolute Gasteiger partial charge is 0.101 e. The first-order valence-corrected chi connectivity index (χ1v) is 5.83. The van der Waals surface area contributed by atoms with Crippen molar-refractivity contribution in [2.24, 2.45) is 15.4 Å². The Balaban J connectivity index is 5.07. The van der Waals surface area contributed by atoms with Gasteiger partial charge in [-0.2, -0.15) is 0 Å². The second-order valence-electron chi connectivity index (χ2n) is 4.78. The number of hydrogen-bond acceptors (Lipinski definition) is 2. The predicted molar refractivity (Wildman–Crippen MR) is 73.1 cm³/mol. The van der Waals surface area contributed by atoms with Gasteiger partial charge >= 0.3 is 0 Å². The Morgan fingerprint density at radius 1 is 1.25 bits per heavy atom. The van der Waals surface area contributed by atoms with Crippen molar-refractivity contribution in [2.75, 3.05) is 13.1 Å². The summed E-state index contributed by atoms with van der Waals surface area (Å²) in [6, 6.07) is 0. The Labute approximate surface area is 100.0 Å². The molecule has 0 aromatic carbocycles. The second-order valence-corrected chi connectivity index (χ2v) is 4.78. The summed E-state index contributed by atoms with van der Waals surface area (Å²) in [4.78, 5) is 10.7. The summed E-state index contributed by atoms with van der Waals surface area (Å²) in [5.41, 5.74) is 0.960. The molecule has 0 saturated heterocycles. The van der Waals surface area contributed by atoms with Crippen molar-refractivity contribution in [1.82, 2.24) is 4.90 Å². The van der Waals surface area contributed by atoms with Crippen LogP contribution >= 0.6 is 0 Å². The largest absolute Gasteiger partial charge is 0.361 e. The Hall–Kier alpha value is -1.12. The molecule has 0 atom stereocenters. The number of amidine groups is 1. The molecule has 16 heavy (non-hydrogen) atoms. The Morgan fingerprint density at radius 3 is 2.06 bits per heavy atom. The van der Waals surface area contributed by atoms with E-state index in [1.165, 1.54) is 0 Å². The number of rotatable bonds is 4. The van der Waals surface area contributed by atoms with Crippen LogP contribution < -0.4 is 0 Å². The summed E-state index contributed by atoms with van der Waals surface area (Å²) < 4.78 is 0. The molecule has 0 N–H and O–H groups in total. The van der Waals surface area contributed by atoms with E-state index in [0.717, 1.165) is 24.6 Å². The van der Waals surface area contributed by atoms with Gasteiger partial charge < -0.3 is 4.90 Å². The average Bonchev–Trinajstić information content (AvgIpc) is 2.17. The van der Waals surface area contributed by atoms with Gasteiger partial charge in [-0.25, -0.2) is 4.99 Å². The van der Waals surface area contributed by atoms with E-state index >= 15 is 0 Å². The van der Waals surface area contributed by atoms with E-state index in [-0.39, 0.29) is 5.41 Å². The van der Waals surface area contributed by atoms with Gasteiger partial charge in [0.25, 0.3) is 0 Å². The standard InChI is InChI=1S/C13H25N3/c1-8-16(9-2)11(3)15-12(10-14-7)13(4,5)6/h10H,7-9H2,1-6H3/b12-10-,15-11+. The van der Waals surface area contributed by atoms with E-state index in [4.69, 9.17) is 0 Å². The highest BCUT2D eigenvalue weighted by molar-refractivity contribution is 5.80. The van der Waals surface area contributed by atoms with Crippen LogP contribution in [0.1, 0.15) is 41.5 Å². The molecule has 0 rings (SSSR count). The molecule has 0 radical (unpaired) electrons. The van der Waals surface area contributed by atoms with Gasteiger partial charge in [0.1, 0.15) is 5.84 Å². The summed E-state index contributed by atoms with van der Waals surface area (Å²) in [6.45, 7) is 18.1. The van der Waals surface area contributed by atoms with E-state index in [2.05, 4.69) is 56.2 Å². The van der Waals surface area contributed by atoms with E-state index in [1.54, 1.807) is 6.20 Å². The van der Waals surface area contributed by atoms with Crippen molar-refractivity contribution in [3.05, 3.63) is 11.9 Å². The van der Waals surface area contributed by atoms with Gasteiger partial charge in [0, 0.05) is 24.7 Å². The predicted octanol–water partition coefficient (Wildman–Crippen LogP) is 3.33. The fourth-order valence-corrected chi connectivity index (χ4v) is 1.40. The van der Waals surface area contributed by atoms with Gasteiger partial charge in [-0.05, 0) is 27.5 Å². The van der Waals surface area contributed by atoms with Crippen LogP contribution in [0.2, 0.25) is 0 Å². The van der Waals surface area contributed by atoms with Gasteiger partial charge in [-0.3, -0.25) is 4.99 Å². The first kappa shape index (κ1) is 14.9. The van der Waals surface area contributed by atoms with Crippen LogP contribution in [0.15, 0.2) is 21.9 Å². The minimum Gasteiger partial charge on any atom is -0.361 e. The fourth-order valence-electron chi connectivity index (χ4n) is 1.40. The maximum absolute atomic E-state index is 4.65. The summed E-state index contributed by atoms with van der Waals surface area (Å²) in [5.74, 6) is 1.04. The monoisotopic (exact) mass is 223 g/mol. The zero-order valence-electron chi connectivity index (χ0n) is 11.5. The quantitative estimate of drug-likeness (QED) is 0.530. The van der Waals surface area contributed by atoms with Gasteiger partial charge in [0.2, 0.25) is 0 Å². The zero-order chi connectivity index (χ0) is 12.8. The second kappa shape index (κ2) is 6.46. The molecule has 0 spiro atoms. The summed E-state index contributed by atoms with van der Waals surface area (Å²) in [6.07, 6.45) is 1.74. The maximum Gasteiger partial charge on any atom is 0.101 e. The summed E-state index contributed by atoms with van der Waals surface area (Å²) in [5, 5.41) is 0. The molecule has 0 aromatic rings. The number of allylic oxidation sites excluding steroid dienone is 1. The molecule has 0 aliphatic rings. The molecule has 0 aliphatic heterocycles. The third kappa shape index (κ3) is 4.60. The van der Waals surface area contributed by atoms with Crippen LogP contribution in [0, 0.1) is 5.41 Å². The third-order valence-electron chi connectivity index (χ3n) is 2.49. The van der Waals surface area contributed by atoms with Crippen LogP contribution in [0.3, 0.4) is 0 Å². The molecule has 0 aliphatic carbocycles. The Bertz CT molecular complexity index is 278. The number of aliphatic imine (C=N–C) groups is 2. The molecule has 92 valence electrons. The van der Waals surface area contributed by atoms with Crippen LogP contribution in [0.4, 0.5) is 0 Å². The highest BCUT2D eigenvalue weighted by Gasteiger charge is 2.17. The average molecular weight is 223 g/mol. The first-order valence-electron chi connectivity index (χ1n) is 5.83. The molecule has 3 nitrogen and oxygen atoms in total. The number of hydrogen-bond donors (Lipinski definition) is 0. The van der Waals surface area contributed by atoms with Gasteiger partial charge in [-0.15, -0.1) is 0 Å². The summed E-state index contributed by atoms with van der Waals surface area (Å²) in [7, 11) is 0. The van der Waals surface area contributed by atoms with Crippen LogP contribution in [-0.2, 0) is 0 Å². The van der Waals surface area contributed by atoms with Gasteiger partial charge in [0.15, 0.2) is 0 Å². The molecule has 0 fully saturated rings. The molecular formula is C13H25N3. The number of nitrogens with zero attached hydrogens (tertiary/aromatic N) is 3. The van der Waals surface area contributed by atoms with Crippen molar-refractivity contribution in [3.63, 3.8) is 0 Å². The zero-order valence-corrected chi connectivity index (χ0v) is 11.5. The maximum atomic E-state index is 4.65. The lowest BCUT2D eigenvalue weighted by molar-refractivity contribution is 0.453. The molecule has 0 unspecified atom stereocenters. The van der Waals surface area contributed by atoms with Crippen molar-refractivity contribution in [3.8, 4) is 0 Å². The highest BCUT2D eigenvalue weighted by atomic mass is 15.2. The summed E-state index contributed by atoms with van der Waals surface area (Å²) >= 11 is 0. The van der Waals surface area contributed by atoms with Crippen molar-refractivity contribution in [1.29, 1.82) is 0 Å². The highest BCUT2D eigenvalue weighted by Crippen LogP contribution is 2.26. The van der Waals surface area contributed by atoms with Crippen molar-refractivity contribution < 1.29 is 0 Å². The Kier molecular flexibility index (Phi) is 6.01. The minimum absolute atomic E-state index is 0.00436. The molecule has 0 saturated carbocycles. The molecule has 0 amide bonds. The lowest BCUT2D eigenvalue weighted by atomic mass is 9.93. The SMILES string of the molecule is C=N/C=C(\N=C(/C)N(CC)CC)C(C)(C)C. The van der Waals surface area contributed by atoms with Gasteiger partial charge in [-0.1, -0.05) is 20.8 Å². The third-order valence-corrected chi connectivity index (χ3v) is 2.49. The Morgan fingerprint density at radius 2 is 1.75 bits per heavy atom. The van der Waals surface area contributed by atoms with Crippen LogP contribution in [0.25, 0.3) is 0 Å². The van der Waals surface area contributed by atoms with Crippen LogP contribution in [0.5, 0.6) is 0 Å². The van der Waals surface area contributed by atoms with Crippen molar-refractivity contribution in [2.45, 2.75) is 41.5 Å². The molecular weight excluding hydrogens is 198 g/mol. The fraction of sp³-hybridized carbons (Fsp3) is 0.692. The normalized spacial score (nSPS) is 13.9. The lowest BCUT2D eigenvalue weighted by Gasteiger charge is -2.24. The van der Waals surface area contributed by atoms with E-state index < -0.39 is 0 Å². The van der Waals surface area contributed by atoms with E-state index in [9.17, 15) is 0 Å².